The molecule has 1 amide bonds. The number of aryl methyl sites for hydroxylation is 1. The first-order valence-corrected chi connectivity index (χ1v) is 16.6. The second-order valence-electron chi connectivity index (χ2n) is 10.5. The molecule has 0 saturated heterocycles. The summed E-state index contributed by atoms with van der Waals surface area (Å²) in [6.07, 6.45) is -4.47. The number of carbonyl (C=O) groups is 1. The fourth-order valence-electron chi connectivity index (χ4n) is 4.49. The highest BCUT2D eigenvalue weighted by Gasteiger charge is 2.31. The van der Waals surface area contributed by atoms with Crippen LogP contribution in [0.2, 0.25) is 0 Å². The van der Waals surface area contributed by atoms with Crippen LogP contribution < -0.4 is 11.1 Å². The maximum atomic E-state index is 14.3. The maximum Gasteiger partial charge on any atom is 0.416 e. The summed E-state index contributed by atoms with van der Waals surface area (Å²) in [4.78, 5) is 18.5. The number of hydrogen-bond donors (Lipinski definition) is 2. The van der Waals surface area contributed by atoms with Crippen LogP contribution in [-0.2, 0) is 20.4 Å². The van der Waals surface area contributed by atoms with Crippen LogP contribution in [-0.4, -0.2) is 78.7 Å². The summed E-state index contributed by atoms with van der Waals surface area (Å²) in [7, 11) is 0. The number of halogens is 4. The van der Waals surface area contributed by atoms with Crippen LogP contribution in [0.5, 0.6) is 0 Å². The van der Waals surface area contributed by atoms with Gasteiger partial charge in [-0.15, -0.1) is 11.8 Å². The van der Waals surface area contributed by atoms with Gasteiger partial charge in [0, 0.05) is 29.5 Å². The Morgan fingerprint density at radius 3 is 2.28 bits per heavy atom. The molecule has 4 rings (SSSR count). The number of nitrogens with one attached hydrogen (secondary N) is 1. The largest absolute Gasteiger partial charge is 0.416 e. The molecule has 0 spiro atoms. The third-order valence-corrected chi connectivity index (χ3v) is 8.76. The fraction of sp³-hybridized carbons (Fsp3) is 0.406. The lowest BCUT2D eigenvalue weighted by atomic mass is 10.0. The molecule has 2 aromatic carbocycles. The Labute approximate surface area is 278 Å². The molecule has 0 aliphatic rings. The summed E-state index contributed by atoms with van der Waals surface area (Å²) in [5.74, 6) is -0.955. The van der Waals surface area contributed by atoms with Crippen LogP contribution in [0.1, 0.15) is 35.6 Å². The molecule has 0 unspecified atom stereocenters. The number of thioether (sulfide) groups is 1. The van der Waals surface area contributed by atoms with Gasteiger partial charge in [0.15, 0.2) is 0 Å². The molecular formula is C32H37F4N5O4S2. The summed E-state index contributed by atoms with van der Waals surface area (Å²) in [5, 5.41) is 7.97. The number of hydrogen-bond acceptors (Lipinski definition) is 9. The third kappa shape index (κ3) is 10.1. The molecule has 9 nitrogen and oxygen atoms in total. The van der Waals surface area contributed by atoms with E-state index in [2.05, 4.69) is 10.4 Å². The zero-order valence-electron chi connectivity index (χ0n) is 26.2. The second kappa shape index (κ2) is 17.2. The molecule has 0 radical (unpaired) electrons. The van der Waals surface area contributed by atoms with Crippen molar-refractivity contribution >= 4 is 29.0 Å². The number of benzene rings is 2. The summed E-state index contributed by atoms with van der Waals surface area (Å²) in [6.45, 7) is 8.55. The second-order valence-corrected chi connectivity index (χ2v) is 13.3. The Bertz CT molecular complexity index is 1610. The molecule has 254 valence electrons. The highest BCUT2D eigenvalue weighted by molar-refractivity contribution is 8.01. The van der Waals surface area contributed by atoms with Gasteiger partial charge in [-0.25, -0.2) is 9.37 Å². The van der Waals surface area contributed by atoms with Gasteiger partial charge in [0.05, 0.1) is 60.8 Å². The number of amides is 1. The number of aromatic nitrogens is 3. The number of carbonyl (C=O) groups excluding carboxylic acids is 1. The van der Waals surface area contributed by atoms with E-state index in [4.69, 9.17) is 24.9 Å². The van der Waals surface area contributed by atoms with E-state index in [0.29, 0.717) is 72.8 Å². The molecule has 0 atom stereocenters. The zero-order valence-corrected chi connectivity index (χ0v) is 27.9. The zero-order chi connectivity index (χ0) is 34.0. The Morgan fingerprint density at radius 1 is 1.00 bits per heavy atom. The minimum atomic E-state index is -4.47. The van der Waals surface area contributed by atoms with Crippen molar-refractivity contribution in [3.05, 3.63) is 71.3 Å². The fourth-order valence-corrected chi connectivity index (χ4v) is 6.97. The van der Waals surface area contributed by atoms with E-state index in [1.54, 1.807) is 19.1 Å². The van der Waals surface area contributed by atoms with Crippen LogP contribution in [0.15, 0.2) is 52.7 Å². The van der Waals surface area contributed by atoms with Crippen molar-refractivity contribution in [2.75, 3.05) is 52.7 Å². The van der Waals surface area contributed by atoms with Gasteiger partial charge < -0.3 is 25.3 Å². The molecule has 0 saturated carbocycles. The molecular weight excluding hydrogens is 659 g/mol. The predicted molar refractivity (Wildman–Crippen MR) is 175 cm³/mol. The molecule has 0 aliphatic carbocycles. The van der Waals surface area contributed by atoms with Crippen molar-refractivity contribution < 1.29 is 36.6 Å². The van der Waals surface area contributed by atoms with Crippen molar-refractivity contribution in [3.63, 3.8) is 0 Å². The Kier molecular flexibility index (Phi) is 13.3. The van der Waals surface area contributed by atoms with Gasteiger partial charge in [-0.2, -0.15) is 23.0 Å². The summed E-state index contributed by atoms with van der Waals surface area (Å²) in [5.41, 5.74) is 7.07. The number of ether oxygens (including phenoxy) is 3. The minimum absolute atomic E-state index is 0.136. The molecule has 2 heterocycles. The lowest BCUT2D eigenvalue weighted by molar-refractivity contribution is -0.137. The van der Waals surface area contributed by atoms with E-state index in [-0.39, 0.29) is 24.1 Å². The van der Waals surface area contributed by atoms with Crippen molar-refractivity contribution in [2.45, 2.75) is 36.4 Å². The van der Waals surface area contributed by atoms with E-state index in [0.717, 1.165) is 16.3 Å². The minimum Gasteiger partial charge on any atom is -0.378 e. The molecule has 2 aromatic heterocycles. The van der Waals surface area contributed by atoms with Crippen molar-refractivity contribution in [2.24, 2.45) is 5.73 Å². The third-order valence-electron chi connectivity index (χ3n) is 6.52. The van der Waals surface area contributed by atoms with Crippen molar-refractivity contribution in [1.29, 1.82) is 0 Å². The monoisotopic (exact) mass is 695 g/mol. The van der Waals surface area contributed by atoms with Crippen LogP contribution >= 0.6 is 23.1 Å². The quantitative estimate of drug-likeness (QED) is 0.0745. The van der Waals surface area contributed by atoms with Gasteiger partial charge >= 0.3 is 6.18 Å². The lowest BCUT2D eigenvalue weighted by Gasteiger charge is -2.10. The Balaban J connectivity index is 1.60. The van der Waals surface area contributed by atoms with E-state index in [1.165, 1.54) is 52.0 Å². The SMILES string of the molecule is Cc1nn(-c2nc(-c3ccc(C(F)(F)F)cc3)c(SC(C)C)s2)c(C(=O)NCCOCCOCCOCCN)c1-c1cccc(F)c1. The lowest BCUT2D eigenvalue weighted by Crippen LogP contribution is -2.30. The number of rotatable bonds is 17. The average Bonchev–Trinajstić information content (AvgIpc) is 3.59. The number of alkyl halides is 3. The maximum absolute atomic E-state index is 14.3. The van der Waals surface area contributed by atoms with Gasteiger partial charge in [0.1, 0.15) is 11.5 Å². The molecule has 0 aliphatic heterocycles. The number of nitrogens with two attached hydrogens (primary N) is 1. The van der Waals surface area contributed by atoms with Crippen LogP contribution in [0.3, 0.4) is 0 Å². The molecule has 4 aromatic rings. The Hall–Kier alpha value is -3.34. The molecule has 15 heteroatoms. The normalized spacial score (nSPS) is 11.9. The first kappa shape index (κ1) is 36.5. The van der Waals surface area contributed by atoms with E-state index in [9.17, 15) is 22.4 Å². The first-order chi connectivity index (χ1) is 22.5. The van der Waals surface area contributed by atoms with Crippen LogP contribution in [0.25, 0.3) is 27.5 Å². The van der Waals surface area contributed by atoms with Crippen molar-refractivity contribution in [1.82, 2.24) is 20.1 Å². The average molecular weight is 696 g/mol. The smallest absolute Gasteiger partial charge is 0.378 e. The summed E-state index contributed by atoms with van der Waals surface area (Å²) in [6, 6.07) is 10.7. The predicted octanol–water partition coefficient (Wildman–Crippen LogP) is 6.37. The van der Waals surface area contributed by atoms with Gasteiger partial charge in [-0.1, -0.05) is 49.4 Å². The Morgan fingerprint density at radius 2 is 1.66 bits per heavy atom. The highest BCUT2D eigenvalue weighted by atomic mass is 32.2. The van der Waals surface area contributed by atoms with Crippen molar-refractivity contribution in [3.8, 4) is 27.5 Å². The molecule has 47 heavy (non-hydrogen) atoms. The number of nitrogens with zero attached hydrogens (tertiary/aromatic N) is 3. The molecule has 0 fully saturated rings. The van der Waals surface area contributed by atoms with Gasteiger partial charge in [-0.3, -0.25) is 4.79 Å². The van der Waals surface area contributed by atoms with Crippen LogP contribution in [0, 0.1) is 12.7 Å². The van der Waals surface area contributed by atoms with Gasteiger partial charge in [0.25, 0.3) is 5.91 Å². The first-order valence-electron chi connectivity index (χ1n) is 14.9. The van der Waals surface area contributed by atoms with Gasteiger partial charge in [0.2, 0.25) is 5.13 Å². The van der Waals surface area contributed by atoms with E-state index in [1.807, 2.05) is 13.8 Å². The summed E-state index contributed by atoms with van der Waals surface area (Å²) >= 11 is 2.77. The van der Waals surface area contributed by atoms with E-state index < -0.39 is 23.5 Å². The van der Waals surface area contributed by atoms with Crippen LogP contribution in [0.4, 0.5) is 17.6 Å². The van der Waals surface area contributed by atoms with Gasteiger partial charge in [-0.05, 0) is 36.8 Å². The van der Waals surface area contributed by atoms with E-state index >= 15 is 0 Å². The molecule has 3 N–H and O–H groups in total. The topological polar surface area (TPSA) is 114 Å². The number of thiazole rings is 1. The summed E-state index contributed by atoms with van der Waals surface area (Å²) < 4.78 is 72.5. The molecule has 0 bridgehead atoms. The standard InChI is InChI=1S/C32H37F4N5O4S2/c1-20(2)46-30-27(22-7-9-24(10-8-22)32(34,35)36)39-31(47-30)41-28(26(21(3)40-41)23-5-4-6-25(33)19-23)29(42)38-12-14-44-16-18-45-17-15-43-13-11-37/h4-10,19-20H,11-18,37H2,1-3H3,(H,38,42). The highest BCUT2D eigenvalue weighted by Crippen LogP contribution is 2.41.